The molecule has 1 heterocycles. The molecule has 5 nitrogen and oxygen atoms in total. The van der Waals surface area contributed by atoms with Crippen LogP contribution in [0.1, 0.15) is 24.5 Å². The highest BCUT2D eigenvalue weighted by atomic mass is 16.1. The van der Waals surface area contributed by atoms with Gasteiger partial charge in [-0.25, -0.2) is 0 Å². The number of amides is 1. The van der Waals surface area contributed by atoms with Crippen molar-refractivity contribution in [1.29, 1.82) is 0 Å². The Morgan fingerprint density at radius 1 is 1.11 bits per heavy atom. The standard InChI is InChI=1S/C23H26N4O/c1-18(15-19-13-14-27(16-19)23(24-2)25-17-28)26-22(20-9-5-3-6-10-20)21-11-7-4-8-12-21/h3-13,17-18H,14-16H2,1-2H3,(H,24,25,28). The first-order chi connectivity index (χ1) is 13.7. The van der Waals surface area contributed by atoms with Gasteiger partial charge in [-0.1, -0.05) is 72.3 Å². The van der Waals surface area contributed by atoms with Crippen LogP contribution in [0.5, 0.6) is 0 Å². The Kier molecular flexibility index (Phi) is 6.73. The number of nitrogens with zero attached hydrogens (tertiary/aromatic N) is 3. The third-order valence-electron chi connectivity index (χ3n) is 4.70. The van der Waals surface area contributed by atoms with Crippen molar-refractivity contribution >= 4 is 18.1 Å². The van der Waals surface area contributed by atoms with Gasteiger partial charge in [-0.3, -0.25) is 20.1 Å². The molecule has 0 aliphatic carbocycles. The Balaban J connectivity index is 1.74. The van der Waals surface area contributed by atoms with Gasteiger partial charge in [0.25, 0.3) is 0 Å². The van der Waals surface area contributed by atoms with E-state index in [0.717, 1.165) is 36.3 Å². The number of carbonyl (C=O) groups excluding carboxylic acids is 1. The fourth-order valence-electron chi connectivity index (χ4n) is 3.43. The fourth-order valence-corrected chi connectivity index (χ4v) is 3.43. The summed E-state index contributed by atoms with van der Waals surface area (Å²) < 4.78 is 0. The van der Waals surface area contributed by atoms with E-state index in [1.807, 2.05) is 36.4 Å². The topological polar surface area (TPSA) is 57.1 Å². The SMILES string of the molecule is CN=C(NC=O)N1CC=C(CC(C)N=C(c2ccccc2)c2ccccc2)C1. The molecule has 0 aromatic heterocycles. The number of hydrogen-bond donors (Lipinski definition) is 1. The molecule has 0 saturated carbocycles. The molecule has 2 aromatic rings. The van der Waals surface area contributed by atoms with Gasteiger partial charge < -0.3 is 4.90 Å². The van der Waals surface area contributed by atoms with E-state index in [0.29, 0.717) is 12.4 Å². The van der Waals surface area contributed by atoms with E-state index in [4.69, 9.17) is 4.99 Å². The Hall–Kier alpha value is -3.21. The monoisotopic (exact) mass is 374 g/mol. The number of carbonyl (C=O) groups is 1. The van der Waals surface area contributed by atoms with Gasteiger partial charge in [-0.2, -0.15) is 0 Å². The summed E-state index contributed by atoms with van der Waals surface area (Å²) >= 11 is 0. The Labute approximate surface area is 166 Å². The average Bonchev–Trinajstić information content (AvgIpc) is 3.19. The molecule has 0 fully saturated rings. The summed E-state index contributed by atoms with van der Waals surface area (Å²) in [4.78, 5) is 22.0. The van der Waals surface area contributed by atoms with Gasteiger partial charge in [0.1, 0.15) is 0 Å². The van der Waals surface area contributed by atoms with Crippen LogP contribution in [-0.2, 0) is 4.79 Å². The van der Waals surface area contributed by atoms with E-state index >= 15 is 0 Å². The normalized spacial score (nSPS) is 15.0. The van der Waals surface area contributed by atoms with Crippen molar-refractivity contribution < 1.29 is 4.79 Å². The summed E-state index contributed by atoms with van der Waals surface area (Å²) in [5, 5.41) is 2.66. The average molecular weight is 374 g/mol. The van der Waals surface area contributed by atoms with Gasteiger partial charge in [0, 0.05) is 31.3 Å². The molecule has 3 rings (SSSR count). The summed E-state index contributed by atoms with van der Waals surface area (Å²) in [6.07, 6.45) is 3.74. The number of nitrogens with one attached hydrogen (secondary N) is 1. The van der Waals surface area contributed by atoms with Crippen molar-refractivity contribution in [3.8, 4) is 0 Å². The van der Waals surface area contributed by atoms with Gasteiger partial charge in [-0.05, 0) is 13.3 Å². The molecule has 1 N–H and O–H groups in total. The molecule has 28 heavy (non-hydrogen) atoms. The van der Waals surface area contributed by atoms with Crippen LogP contribution in [0.4, 0.5) is 0 Å². The summed E-state index contributed by atoms with van der Waals surface area (Å²) in [5.41, 5.74) is 4.57. The van der Waals surface area contributed by atoms with Crippen LogP contribution in [0, 0.1) is 0 Å². The molecule has 5 heteroatoms. The van der Waals surface area contributed by atoms with Crippen molar-refractivity contribution in [2.75, 3.05) is 20.1 Å². The highest BCUT2D eigenvalue weighted by Gasteiger charge is 2.19. The summed E-state index contributed by atoms with van der Waals surface area (Å²) in [6, 6.07) is 20.8. The molecule has 0 spiro atoms. The third kappa shape index (κ3) is 4.94. The van der Waals surface area contributed by atoms with Crippen molar-refractivity contribution in [2.24, 2.45) is 9.98 Å². The van der Waals surface area contributed by atoms with Gasteiger partial charge in [0.2, 0.25) is 12.4 Å². The van der Waals surface area contributed by atoms with Crippen molar-refractivity contribution in [3.63, 3.8) is 0 Å². The Morgan fingerprint density at radius 3 is 2.25 bits per heavy atom. The largest absolute Gasteiger partial charge is 0.335 e. The molecule has 1 unspecified atom stereocenters. The molecule has 2 aromatic carbocycles. The lowest BCUT2D eigenvalue weighted by Crippen LogP contribution is -2.39. The zero-order chi connectivity index (χ0) is 19.8. The zero-order valence-corrected chi connectivity index (χ0v) is 16.4. The number of aliphatic imine (C=N–C) groups is 2. The van der Waals surface area contributed by atoms with E-state index in [1.165, 1.54) is 5.57 Å². The summed E-state index contributed by atoms with van der Waals surface area (Å²) in [5.74, 6) is 0.603. The van der Waals surface area contributed by atoms with Gasteiger partial charge in [0.15, 0.2) is 0 Å². The van der Waals surface area contributed by atoms with Crippen LogP contribution in [0.3, 0.4) is 0 Å². The molecule has 0 saturated heterocycles. The van der Waals surface area contributed by atoms with Crippen LogP contribution in [-0.4, -0.2) is 49.2 Å². The van der Waals surface area contributed by atoms with E-state index in [1.54, 1.807) is 7.05 Å². The predicted octanol–water partition coefficient (Wildman–Crippen LogP) is 3.28. The first kappa shape index (κ1) is 19.5. The number of hydrogen-bond acceptors (Lipinski definition) is 3. The second-order valence-corrected chi connectivity index (χ2v) is 6.82. The highest BCUT2D eigenvalue weighted by molar-refractivity contribution is 6.12. The maximum Gasteiger partial charge on any atom is 0.213 e. The highest BCUT2D eigenvalue weighted by Crippen LogP contribution is 2.19. The second-order valence-electron chi connectivity index (χ2n) is 6.82. The number of guanidine groups is 1. The van der Waals surface area contributed by atoms with E-state index in [-0.39, 0.29) is 6.04 Å². The molecular formula is C23H26N4O. The molecular weight excluding hydrogens is 348 g/mol. The minimum Gasteiger partial charge on any atom is -0.335 e. The minimum atomic E-state index is 0.141. The lowest BCUT2D eigenvalue weighted by atomic mass is 10.0. The van der Waals surface area contributed by atoms with E-state index < -0.39 is 0 Å². The van der Waals surface area contributed by atoms with Gasteiger partial charge in [-0.15, -0.1) is 0 Å². The summed E-state index contributed by atoms with van der Waals surface area (Å²) in [6.45, 7) is 3.66. The Bertz CT molecular complexity index is 830. The van der Waals surface area contributed by atoms with Crippen LogP contribution in [0.2, 0.25) is 0 Å². The lowest BCUT2D eigenvalue weighted by Gasteiger charge is -2.20. The Morgan fingerprint density at radius 2 is 1.71 bits per heavy atom. The smallest absolute Gasteiger partial charge is 0.213 e. The fraction of sp³-hybridized carbons (Fsp3) is 0.261. The van der Waals surface area contributed by atoms with Crippen LogP contribution >= 0.6 is 0 Å². The predicted molar refractivity (Wildman–Crippen MR) is 115 cm³/mol. The van der Waals surface area contributed by atoms with E-state index in [2.05, 4.69) is 52.5 Å². The molecule has 1 aliphatic heterocycles. The molecule has 0 bridgehead atoms. The molecule has 0 radical (unpaired) electrons. The lowest BCUT2D eigenvalue weighted by molar-refractivity contribution is -0.108. The van der Waals surface area contributed by atoms with Crippen molar-refractivity contribution in [3.05, 3.63) is 83.4 Å². The van der Waals surface area contributed by atoms with Crippen LogP contribution in [0.25, 0.3) is 0 Å². The quantitative estimate of drug-likeness (QED) is 0.365. The van der Waals surface area contributed by atoms with Crippen molar-refractivity contribution in [1.82, 2.24) is 10.2 Å². The molecule has 1 atom stereocenters. The van der Waals surface area contributed by atoms with Gasteiger partial charge in [0.05, 0.1) is 11.8 Å². The third-order valence-corrected chi connectivity index (χ3v) is 4.70. The zero-order valence-electron chi connectivity index (χ0n) is 16.4. The summed E-state index contributed by atoms with van der Waals surface area (Å²) in [7, 11) is 1.68. The minimum absolute atomic E-state index is 0.141. The van der Waals surface area contributed by atoms with Gasteiger partial charge >= 0.3 is 0 Å². The van der Waals surface area contributed by atoms with Crippen LogP contribution < -0.4 is 5.32 Å². The molecule has 1 aliphatic rings. The van der Waals surface area contributed by atoms with Crippen LogP contribution in [0.15, 0.2) is 82.3 Å². The number of rotatable bonds is 6. The van der Waals surface area contributed by atoms with Crippen molar-refractivity contribution in [2.45, 2.75) is 19.4 Å². The van der Waals surface area contributed by atoms with E-state index in [9.17, 15) is 4.79 Å². The molecule has 144 valence electrons. The number of benzene rings is 2. The maximum absolute atomic E-state index is 10.7. The first-order valence-corrected chi connectivity index (χ1v) is 9.49. The molecule has 1 amide bonds. The second kappa shape index (κ2) is 9.65. The first-order valence-electron chi connectivity index (χ1n) is 9.49. The maximum atomic E-state index is 10.7.